The zero-order valence-corrected chi connectivity index (χ0v) is 11.6. The molecule has 1 rings (SSSR count). The van der Waals surface area contributed by atoms with E-state index in [0.717, 1.165) is 12.3 Å². The van der Waals surface area contributed by atoms with E-state index in [2.05, 4.69) is 52.0 Å². The van der Waals surface area contributed by atoms with Crippen molar-refractivity contribution in [1.82, 2.24) is 0 Å². The lowest BCUT2D eigenvalue weighted by Crippen LogP contribution is -1.95. The third-order valence-electron chi connectivity index (χ3n) is 2.96. The molecule has 0 amide bonds. The van der Waals surface area contributed by atoms with Crippen molar-refractivity contribution in [3.05, 3.63) is 35.4 Å². The highest BCUT2D eigenvalue weighted by Crippen LogP contribution is 2.28. The molecule has 0 saturated heterocycles. The molecule has 0 heterocycles. The third-order valence-corrected chi connectivity index (χ3v) is 3.43. The summed E-state index contributed by atoms with van der Waals surface area (Å²) < 4.78 is 0. The molecule has 0 fully saturated rings. The van der Waals surface area contributed by atoms with Crippen LogP contribution in [0.2, 0.25) is 0 Å². The lowest BCUT2D eigenvalue weighted by Gasteiger charge is -2.13. The van der Waals surface area contributed by atoms with Crippen LogP contribution in [0.1, 0.15) is 63.0 Å². The lowest BCUT2D eigenvalue weighted by molar-refractivity contribution is 0.549. The minimum atomic E-state index is 0.170. The van der Waals surface area contributed by atoms with E-state index < -0.39 is 0 Å². The van der Waals surface area contributed by atoms with Crippen LogP contribution in [0.5, 0.6) is 0 Å². The molecule has 0 aliphatic heterocycles. The minimum Gasteiger partial charge on any atom is -0.118 e. The molecule has 0 N–H and O–H groups in total. The highest BCUT2D eigenvalue weighted by Gasteiger charge is 2.09. The molecule has 90 valence electrons. The van der Waals surface area contributed by atoms with Gasteiger partial charge in [-0.15, -0.1) is 11.6 Å². The van der Waals surface area contributed by atoms with Gasteiger partial charge in [0.05, 0.1) is 5.38 Å². The zero-order chi connectivity index (χ0) is 12.1. The fourth-order valence-electron chi connectivity index (χ4n) is 1.74. The summed E-state index contributed by atoms with van der Waals surface area (Å²) in [5.41, 5.74) is 2.64. The van der Waals surface area contributed by atoms with Crippen LogP contribution in [0.4, 0.5) is 0 Å². The predicted octanol–water partition coefficient (Wildman–Crippen LogP) is 5.53. The highest BCUT2D eigenvalue weighted by atomic mass is 35.5. The number of halogens is 1. The van der Waals surface area contributed by atoms with Gasteiger partial charge < -0.3 is 0 Å². The van der Waals surface area contributed by atoms with Crippen LogP contribution in [0.15, 0.2) is 24.3 Å². The maximum absolute atomic E-state index is 6.38. The van der Waals surface area contributed by atoms with E-state index in [-0.39, 0.29) is 5.38 Å². The Balaban J connectivity index is 2.59. The van der Waals surface area contributed by atoms with Gasteiger partial charge in [0.1, 0.15) is 0 Å². The molecule has 0 spiro atoms. The summed E-state index contributed by atoms with van der Waals surface area (Å²) in [6.45, 7) is 8.91. The molecular formula is C15H23Cl. The Morgan fingerprint density at radius 3 is 1.81 bits per heavy atom. The second-order valence-corrected chi connectivity index (χ2v) is 5.79. The van der Waals surface area contributed by atoms with E-state index in [1.807, 2.05) is 0 Å². The Labute approximate surface area is 105 Å². The molecule has 0 nitrogen and oxygen atoms in total. The van der Waals surface area contributed by atoms with E-state index in [0.29, 0.717) is 5.92 Å². The summed E-state index contributed by atoms with van der Waals surface area (Å²) in [5.74, 6) is 1.33. The first-order valence-electron chi connectivity index (χ1n) is 6.24. The normalized spacial score (nSPS) is 13.4. The van der Waals surface area contributed by atoms with Gasteiger partial charge in [0.15, 0.2) is 0 Å². The van der Waals surface area contributed by atoms with E-state index >= 15 is 0 Å². The third kappa shape index (κ3) is 4.17. The summed E-state index contributed by atoms with van der Waals surface area (Å²) in [5, 5.41) is 0.170. The smallest absolute Gasteiger partial charge is 0.0585 e. The second-order valence-electron chi connectivity index (χ2n) is 5.26. The summed E-state index contributed by atoms with van der Waals surface area (Å²) in [6.07, 6.45) is 2.26. The fourth-order valence-corrected chi connectivity index (χ4v) is 2.01. The molecule has 16 heavy (non-hydrogen) atoms. The average Bonchev–Trinajstić information content (AvgIpc) is 2.26. The summed E-state index contributed by atoms with van der Waals surface area (Å²) >= 11 is 6.38. The van der Waals surface area contributed by atoms with Crippen LogP contribution >= 0.6 is 11.6 Å². The molecule has 0 aromatic heterocycles. The minimum absolute atomic E-state index is 0.170. The van der Waals surface area contributed by atoms with Gasteiger partial charge >= 0.3 is 0 Å². The van der Waals surface area contributed by atoms with Crippen molar-refractivity contribution in [3.63, 3.8) is 0 Å². The van der Waals surface area contributed by atoms with E-state index in [1.165, 1.54) is 17.5 Å². The van der Waals surface area contributed by atoms with Gasteiger partial charge in [-0.3, -0.25) is 0 Å². The number of hydrogen-bond acceptors (Lipinski definition) is 0. The monoisotopic (exact) mass is 238 g/mol. The fraction of sp³-hybridized carbons (Fsp3) is 0.600. The van der Waals surface area contributed by atoms with Crippen LogP contribution in [-0.2, 0) is 0 Å². The SMILES string of the molecule is CC(C)CCC(Cl)c1ccc(C(C)C)cc1. The Bertz CT molecular complexity index is 298. The molecule has 0 saturated carbocycles. The molecule has 1 aromatic rings. The van der Waals surface area contributed by atoms with Crippen LogP contribution in [-0.4, -0.2) is 0 Å². The molecular weight excluding hydrogens is 216 g/mol. The van der Waals surface area contributed by atoms with Crippen LogP contribution in [0, 0.1) is 5.92 Å². The lowest BCUT2D eigenvalue weighted by atomic mass is 9.98. The Morgan fingerprint density at radius 1 is 0.875 bits per heavy atom. The van der Waals surface area contributed by atoms with Crippen molar-refractivity contribution < 1.29 is 0 Å². The maximum atomic E-state index is 6.38. The zero-order valence-electron chi connectivity index (χ0n) is 10.8. The van der Waals surface area contributed by atoms with Crippen molar-refractivity contribution in [2.24, 2.45) is 5.92 Å². The molecule has 0 aliphatic carbocycles. The number of alkyl halides is 1. The highest BCUT2D eigenvalue weighted by molar-refractivity contribution is 6.20. The Morgan fingerprint density at radius 2 is 1.38 bits per heavy atom. The van der Waals surface area contributed by atoms with Crippen LogP contribution in [0.25, 0.3) is 0 Å². The average molecular weight is 239 g/mol. The molecule has 0 aliphatic rings. The molecule has 1 aromatic carbocycles. The number of rotatable bonds is 5. The number of benzene rings is 1. The van der Waals surface area contributed by atoms with Gasteiger partial charge in [-0.25, -0.2) is 0 Å². The van der Waals surface area contributed by atoms with Gasteiger partial charge in [-0.1, -0.05) is 52.0 Å². The first-order chi connectivity index (χ1) is 7.50. The standard InChI is InChI=1S/C15H23Cl/c1-11(2)5-10-15(16)14-8-6-13(7-9-14)12(3)4/h6-9,11-12,15H,5,10H2,1-4H3. The summed E-state index contributed by atoms with van der Waals surface area (Å²) in [4.78, 5) is 0. The first-order valence-corrected chi connectivity index (χ1v) is 6.68. The van der Waals surface area contributed by atoms with E-state index in [9.17, 15) is 0 Å². The van der Waals surface area contributed by atoms with Gasteiger partial charge in [-0.05, 0) is 35.8 Å². The molecule has 1 unspecified atom stereocenters. The molecule has 1 heteroatoms. The number of hydrogen-bond donors (Lipinski definition) is 0. The summed E-state index contributed by atoms with van der Waals surface area (Å²) in [7, 11) is 0. The van der Waals surface area contributed by atoms with Gasteiger partial charge in [0.25, 0.3) is 0 Å². The van der Waals surface area contributed by atoms with E-state index in [4.69, 9.17) is 11.6 Å². The molecule has 0 bridgehead atoms. The second kappa shape index (κ2) is 6.30. The van der Waals surface area contributed by atoms with Crippen molar-refractivity contribution in [2.45, 2.75) is 51.8 Å². The van der Waals surface area contributed by atoms with Crippen LogP contribution in [0.3, 0.4) is 0 Å². The van der Waals surface area contributed by atoms with Crippen LogP contribution < -0.4 is 0 Å². The maximum Gasteiger partial charge on any atom is 0.0585 e. The van der Waals surface area contributed by atoms with Crippen molar-refractivity contribution >= 4 is 11.6 Å². The van der Waals surface area contributed by atoms with Gasteiger partial charge in [0, 0.05) is 0 Å². The molecule has 1 atom stereocenters. The quantitative estimate of drug-likeness (QED) is 0.592. The largest absolute Gasteiger partial charge is 0.118 e. The predicted molar refractivity (Wildman–Crippen MR) is 73.2 cm³/mol. The van der Waals surface area contributed by atoms with E-state index in [1.54, 1.807) is 0 Å². The topological polar surface area (TPSA) is 0 Å². The Hall–Kier alpha value is -0.490. The van der Waals surface area contributed by atoms with Crippen molar-refractivity contribution in [1.29, 1.82) is 0 Å². The Kier molecular flexibility index (Phi) is 5.34. The van der Waals surface area contributed by atoms with Crippen molar-refractivity contribution in [3.8, 4) is 0 Å². The molecule has 0 radical (unpaired) electrons. The first kappa shape index (κ1) is 13.6. The summed E-state index contributed by atoms with van der Waals surface area (Å²) in [6, 6.07) is 8.75. The van der Waals surface area contributed by atoms with Crippen molar-refractivity contribution in [2.75, 3.05) is 0 Å². The van der Waals surface area contributed by atoms with Gasteiger partial charge in [-0.2, -0.15) is 0 Å². The van der Waals surface area contributed by atoms with Gasteiger partial charge in [0.2, 0.25) is 0 Å².